The maximum Gasteiger partial charge on any atom is 0.318 e. The summed E-state index contributed by atoms with van der Waals surface area (Å²) < 4.78 is 66.0. The summed E-state index contributed by atoms with van der Waals surface area (Å²) in [4.78, 5) is 39.3. The highest BCUT2D eigenvalue weighted by Crippen LogP contribution is 2.50. The fraction of sp³-hybridized carbons (Fsp3) is 0.444. The summed E-state index contributed by atoms with van der Waals surface area (Å²) in [6.45, 7) is 4.05. The Labute approximate surface area is 306 Å². The van der Waals surface area contributed by atoms with Crippen molar-refractivity contribution in [3.63, 3.8) is 0 Å². The number of hydrogen-bond donors (Lipinski definition) is 1. The number of methoxy groups -OCH3 is 3. The highest BCUT2D eigenvalue weighted by Gasteiger charge is 2.59. The lowest BCUT2D eigenvalue weighted by Gasteiger charge is -2.50. The number of nitrogens with one attached hydrogen (secondary N) is 1. The first-order valence-electron chi connectivity index (χ1n) is 17.1. The van der Waals surface area contributed by atoms with Gasteiger partial charge in [-0.1, -0.05) is 0 Å². The molecule has 0 bridgehead atoms. The van der Waals surface area contributed by atoms with E-state index in [4.69, 9.17) is 18.9 Å². The number of likely N-dealkylation sites (tertiary alicyclic amines) is 2. The average molecular weight is 750 g/mol. The van der Waals surface area contributed by atoms with E-state index in [1.807, 2.05) is 6.07 Å². The number of likely N-dealkylation sites (N-methyl/N-ethyl adjacent to an activating group) is 1. The summed E-state index contributed by atoms with van der Waals surface area (Å²) in [5.74, 6) is -2.76. The number of halogens is 1. The molecule has 1 aromatic heterocycles. The van der Waals surface area contributed by atoms with Crippen LogP contribution < -0.4 is 23.8 Å². The van der Waals surface area contributed by atoms with Crippen molar-refractivity contribution in [2.45, 2.75) is 41.4 Å². The van der Waals surface area contributed by atoms with Gasteiger partial charge in [0.15, 0.2) is 17.1 Å². The number of nitrogens with zero attached hydrogens (tertiary/aromatic N) is 6. The minimum atomic E-state index is -4.96. The number of piperidine rings is 1. The van der Waals surface area contributed by atoms with Crippen molar-refractivity contribution < 1.29 is 41.3 Å². The molecule has 7 rings (SSSR count). The van der Waals surface area contributed by atoms with Gasteiger partial charge in [0.25, 0.3) is 15.9 Å². The van der Waals surface area contributed by atoms with Gasteiger partial charge < -0.3 is 29.2 Å². The fourth-order valence-electron chi connectivity index (χ4n) is 7.62. The molecule has 3 fully saturated rings. The molecule has 0 saturated carbocycles. The minimum Gasteiger partial charge on any atom is -0.495 e. The molecule has 4 aliphatic heterocycles. The van der Waals surface area contributed by atoms with Crippen LogP contribution in [0.4, 0.5) is 14.9 Å². The smallest absolute Gasteiger partial charge is 0.318 e. The first-order valence-corrected chi connectivity index (χ1v) is 18.6. The Balaban J connectivity index is 1.23. The number of carbonyl (C=O) groups is 2. The predicted molar refractivity (Wildman–Crippen MR) is 188 cm³/mol. The van der Waals surface area contributed by atoms with Crippen LogP contribution in [0.3, 0.4) is 0 Å². The number of anilines is 1. The van der Waals surface area contributed by atoms with Crippen LogP contribution in [0.1, 0.15) is 29.5 Å². The highest BCUT2D eigenvalue weighted by atomic mass is 32.2. The van der Waals surface area contributed by atoms with Gasteiger partial charge in [-0.15, -0.1) is 0 Å². The van der Waals surface area contributed by atoms with Crippen molar-refractivity contribution in [3.05, 3.63) is 71.2 Å². The lowest BCUT2D eigenvalue weighted by atomic mass is 9.83. The van der Waals surface area contributed by atoms with Gasteiger partial charge in [0.05, 0.1) is 63.5 Å². The molecule has 17 heteroatoms. The minimum absolute atomic E-state index is 0.0159. The Hall–Kier alpha value is -5.02. The average Bonchev–Trinajstić information content (AvgIpc) is 3.37. The molecule has 3 aromatic rings. The summed E-state index contributed by atoms with van der Waals surface area (Å²) in [7, 11) is 0.928. The molecule has 15 nitrogen and oxygen atoms in total. The third-order valence-corrected chi connectivity index (χ3v) is 12.5. The lowest BCUT2D eigenvalue weighted by molar-refractivity contribution is -0.121. The van der Waals surface area contributed by atoms with Crippen LogP contribution in [0.15, 0.2) is 53.6 Å². The van der Waals surface area contributed by atoms with Crippen LogP contribution in [0.25, 0.3) is 0 Å². The Bertz CT molecular complexity index is 2080. The van der Waals surface area contributed by atoms with Crippen LogP contribution in [0, 0.1) is 17.1 Å². The maximum absolute atomic E-state index is 15.1. The Morgan fingerprint density at radius 2 is 1.75 bits per heavy atom. The molecule has 0 spiro atoms. The summed E-state index contributed by atoms with van der Waals surface area (Å²) in [5.41, 5.74) is -2.31. The number of fused-ring (bicyclic) bond motifs is 1. The van der Waals surface area contributed by atoms with Crippen molar-refractivity contribution in [2.75, 3.05) is 72.1 Å². The molecule has 0 radical (unpaired) electrons. The number of pyridine rings is 1. The first kappa shape index (κ1) is 36.3. The zero-order chi connectivity index (χ0) is 37.7. The Morgan fingerprint density at radius 3 is 2.38 bits per heavy atom. The molecule has 0 aliphatic carbocycles. The van der Waals surface area contributed by atoms with Crippen LogP contribution in [0.2, 0.25) is 0 Å². The van der Waals surface area contributed by atoms with Crippen LogP contribution in [0.5, 0.6) is 17.4 Å². The summed E-state index contributed by atoms with van der Waals surface area (Å²) >= 11 is 0. The van der Waals surface area contributed by atoms with Gasteiger partial charge >= 0.3 is 6.03 Å². The molecule has 2 aromatic carbocycles. The third kappa shape index (κ3) is 5.99. The van der Waals surface area contributed by atoms with E-state index >= 15 is 9.18 Å². The molecule has 5 heterocycles. The van der Waals surface area contributed by atoms with Crippen LogP contribution in [-0.2, 0) is 25.1 Å². The van der Waals surface area contributed by atoms with Gasteiger partial charge in [-0.2, -0.15) is 9.57 Å². The van der Waals surface area contributed by atoms with Gasteiger partial charge in [0, 0.05) is 62.2 Å². The number of nitriles is 1. The maximum atomic E-state index is 15.1. The van der Waals surface area contributed by atoms with E-state index in [2.05, 4.69) is 27.1 Å². The summed E-state index contributed by atoms with van der Waals surface area (Å²) in [6, 6.07) is 11.2. The number of urea groups is 1. The lowest BCUT2D eigenvalue weighted by Crippen LogP contribution is -2.67. The Kier molecular flexibility index (Phi) is 9.66. The number of benzene rings is 2. The second-order valence-corrected chi connectivity index (χ2v) is 15.2. The molecular weight excluding hydrogens is 710 g/mol. The van der Waals surface area contributed by atoms with E-state index < -0.39 is 38.2 Å². The first-order chi connectivity index (χ1) is 25.5. The van der Waals surface area contributed by atoms with Crippen molar-refractivity contribution in [1.82, 2.24) is 25.0 Å². The molecule has 3 amide bonds. The van der Waals surface area contributed by atoms with E-state index in [9.17, 15) is 18.5 Å². The van der Waals surface area contributed by atoms with Crippen LogP contribution >= 0.6 is 0 Å². The second-order valence-electron chi connectivity index (χ2n) is 13.5. The largest absolute Gasteiger partial charge is 0.495 e. The summed E-state index contributed by atoms with van der Waals surface area (Å²) in [5, 5.41) is 12.8. The molecule has 1 atom stereocenters. The monoisotopic (exact) mass is 749 g/mol. The van der Waals surface area contributed by atoms with Crippen molar-refractivity contribution in [3.8, 4) is 23.4 Å². The molecule has 53 heavy (non-hydrogen) atoms. The molecular formula is C36H40FN7O8S. The van der Waals surface area contributed by atoms with Gasteiger partial charge in [0.2, 0.25) is 5.88 Å². The number of aromatic nitrogens is 1. The highest BCUT2D eigenvalue weighted by molar-refractivity contribution is 7.93. The SMILES string of the molecule is COc1cc(OC)c(S(=O)(=O)N2C(=O)C(NC(=O)N3CC(N4CCC(N(C)C5COC5)CC4)C3)(c3cccnc3OC)c3cc(C#N)ccc32)cc1F. The van der Waals surface area contributed by atoms with Crippen molar-refractivity contribution in [2.24, 2.45) is 0 Å². The van der Waals surface area contributed by atoms with E-state index in [0.717, 1.165) is 45.2 Å². The molecule has 1 unspecified atom stereocenters. The zero-order valence-electron chi connectivity index (χ0n) is 29.7. The molecule has 4 aliphatic rings. The second kappa shape index (κ2) is 14.1. The third-order valence-electron chi connectivity index (χ3n) is 10.8. The van der Waals surface area contributed by atoms with Gasteiger partial charge in [-0.05, 0) is 50.2 Å². The topological polar surface area (TPSA) is 167 Å². The number of rotatable bonds is 10. The number of amides is 3. The number of sulfonamides is 1. The van der Waals surface area contributed by atoms with Gasteiger partial charge in [0.1, 0.15) is 10.6 Å². The van der Waals surface area contributed by atoms with Crippen LogP contribution in [-0.4, -0.2) is 126 Å². The number of hydrogen-bond acceptors (Lipinski definition) is 12. The standard InChI is InChI=1S/C36H40FN7O8S/c1-41(25-20-52-21-25)23-9-12-42(13-10-23)24-18-43(19-24)35(46)40-36(26-6-5-11-39-33(26)51-4)27-14-22(17-38)7-8-29(27)44(34(36)45)53(47,48)32-15-28(37)30(49-2)16-31(32)50-3/h5-8,11,14-16,23-25H,9-10,12-13,18-21H2,1-4H3,(H,40,46). The number of ether oxygens (including phenoxy) is 4. The zero-order valence-corrected chi connectivity index (χ0v) is 30.6. The van der Waals surface area contributed by atoms with E-state index in [1.165, 1.54) is 57.9 Å². The Morgan fingerprint density at radius 1 is 1.04 bits per heavy atom. The van der Waals surface area contributed by atoms with Gasteiger partial charge in [-0.25, -0.2) is 22.6 Å². The van der Waals surface area contributed by atoms with Crippen molar-refractivity contribution >= 4 is 27.6 Å². The number of carbonyl (C=O) groups excluding carboxylic acids is 2. The quantitative estimate of drug-likeness (QED) is 0.322. The molecule has 280 valence electrons. The van der Waals surface area contributed by atoms with E-state index in [1.54, 1.807) is 4.90 Å². The summed E-state index contributed by atoms with van der Waals surface area (Å²) in [6.07, 6.45) is 3.42. The molecule has 3 saturated heterocycles. The fourth-order valence-corrected chi connectivity index (χ4v) is 9.24. The van der Waals surface area contributed by atoms with Gasteiger partial charge in [-0.3, -0.25) is 14.6 Å². The molecule has 1 N–H and O–H groups in total. The normalized spacial score (nSPS) is 21.1. The predicted octanol–water partition coefficient (Wildman–Crippen LogP) is 2.29. The van der Waals surface area contributed by atoms with E-state index in [-0.39, 0.29) is 45.8 Å². The van der Waals surface area contributed by atoms with Crippen molar-refractivity contribution in [1.29, 1.82) is 5.26 Å². The van der Waals surface area contributed by atoms with E-state index in [0.29, 0.717) is 35.5 Å².